The molecule has 0 amide bonds. The van der Waals surface area contributed by atoms with E-state index in [1.807, 2.05) is 6.92 Å². The number of aliphatic hydroxyl groups excluding tert-OH is 1. The summed E-state index contributed by atoms with van der Waals surface area (Å²) in [5.74, 6) is 0. The Balaban J connectivity index is 0. The van der Waals surface area contributed by atoms with Crippen LogP contribution in [0.2, 0.25) is 0 Å². The van der Waals surface area contributed by atoms with Gasteiger partial charge in [-0.1, -0.05) is 26.2 Å². The smallest absolute Gasteiger partial charge is 0.0512 e. The van der Waals surface area contributed by atoms with Gasteiger partial charge in [-0.2, -0.15) is 0 Å². The fourth-order valence-corrected chi connectivity index (χ4v) is 0.690. The van der Waals surface area contributed by atoms with E-state index in [0.717, 1.165) is 6.42 Å². The predicted octanol–water partition coefficient (Wildman–Crippen LogP) is 2.37. The number of hydrogen-bond acceptors (Lipinski definition) is 1. The summed E-state index contributed by atoms with van der Waals surface area (Å²) in [4.78, 5) is 0. The molecule has 9 heavy (non-hydrogen) atoms. The Morgan fingerprint density at radius 1 is 1.33 bits per heavy atom. The van der Waals surface area contributed by atoms with Crippen molar-refractivity contribution >= 4 is 12.4 Å². The largest absolute Gasteiger partial charge is 0.393 e. The van der Waals surface area contributed by atoms with E-state index in [1.165, 1.54) is 19.3 Å². The van der Waals surface area contributed by atoms with Gasteiger partial charge in [0.15, 0.2) is 0 Å². The topological polar surface area (TPSA) is 20.2 Å². The molecule has 1 nitrogen and oxygen atoms in total. The highest BCUT2D eigenvalue weighted by atomic mass is 35.5. The average molecular weight is 153 g/mol. The molecule has 0 heterocycles. The van der Waals surface area contributed by atoms with Crippen LogP contribution in [0.25, 0.3) is 0 Å². The van der Waals surface area contributed by atoms with Gasteiger partial charge in [0.2, 0.25) is 0 Å². The Labute approximate surface area is 63.9 Å². The summed E-state index contributed by atoms with van der Waals surface area (Å²) in [7, 11) is 0. The van der Waals surface area contributed by atoms with Gasteiger partial charge in [0.1, 0.15) is 0 Å². The minimum atomic E-state index is -0.0958. The molecule has 0 aromatic rings. The first-order valence-corrected chi connectivity index (χ1v) is 3.45. The van der Waals surface area contributed by atoms with Crippen LogP contribution in [0.1, 0.15) is 39.5 Å². The molecule has 0 aliphatic carbocycles. The van der Waals surface area contributed by atoms with Crippen LogP contribution in [-0.4, -0.2) is 11.2 Å². The summed E-state index contributed by atoms with van der Waals surface area (Å²) in [6.07, 6.45) is 4.54. The SMILES string of the molecule is CCCCC[C@H](C)O.Cl. The second kappa shape index (κ2) is 8.25. The number of hydrogen-bond donors (Lipinski definition) is 1. The third kappa shape index (κ3) is 11.7. The molecular weight excluding hydrogens is 136 g/mol. The fraction of sp³-hybridized carbons (Fsp3) is 1.00. The van der Waals surface area contributed by atoms with E-state index in [2.05, 4.69) is 6.92 Å². The number of rotatable bonds is 4. The van der Waals surface area contributed by atoms with Crippen LogP contribution in [0.3, 0.4) is 0 Å². The van der Waals surface area contributed by atoms with Gasteiger partial charge in [0.05, 0.1) is 6.10 Å². The van der Waals surface area contributed by atoms with Gasteiger partial charge in [0.25, 0.3) is 0 Å². The molecule has 0 saturated carbocycles. The van der Waals surface area contributed by atoms with Gasteiger partial charge in [-0.05, 0) is 13.3 Å². The maximum absolute atomic E-state index is 8.78. The molecule has 0 saturated heterocycles. The lowest BCUT2D eigenvalue weighted by Gasteiger charge is -2.00. The average Bonchev–Trinajstić information content (AvgIpc) is 1.66. The summed E-state index contributed by atoms with van der Waals surface area (Å²) in [6.45, 7) is 4.01. The first-order chi connectivity index (χ1) is 3.77. The van der Waals surface area contributed by atoms with Crippen molar-refractivity contribution in [3.63, 3.8) is 0 Å². The van der Waals surface area contributed by atoms with Gasteiger partial charge < -0.3 is 5.11 Å². The van der Waals surface area contributed by atoms with Crippen molar-refractivity contribution in [3.8, 4) is 0 Å². The van der Waals surface area contributed by atoms with Crippen LogP contribution in [0, 0.1) is 0 Å². The Morgan fingerprint density at radius 3 is 2.22 bits per heavy atom. The molecule has 0 rings (SSSR count). The van der Waals surface area contributed by atoms with E-state index in [1.54, 1.807) is 0 Å². The Bertz CT molecular complexity index is 46.2. The third-order valence-electron chi connectivity index (χ3n) is 1.23. The first kappa shape index (κ1) is 12.0. The Kier molecular flexibility index (Phi) is 11.0. The molecular formula is C7H17ClO. The van der Waals surface area contributed by atoms with Crippen LogP contribution in [0.4, 0.5) is 0 Å². The summed E-state index contributed by atoms with van der Waals surface area (Å²) < 4.78 is 0. The molecule has 0 aliphatic heterocycles. The van der Waals surface area contributed by atoms with E-state index in [4.69, 9.17) is 5.11 Å². The van der Waals surface area contributed by atoms with Crippen molar-refractivity contribution in [2.24, 2.45) is 0 Å². The molecule has 0 aromatic carbocycles. The summed E-state index contributed by atoms with van der Waals surface area (Å²) in [6, 6.07) is 0. The summed E-state index contributed by atoms with van der Waals surface area (Å²) in [5, 5.41) is 8.78. The molecule has 58 valence electrons. The molecule has 0 fully saturated rings. The minimum Gasteiger partial charge on any atom is -0.393 e. The second-order valence-corrected chi connectivity index (χ2v) is 2.34. The van der Waals surface area contributed by atoms with E-state index in [0.29, 0.717) is 0 Å². The zero-order chi connectivity index (χ0) is 6.41. The third-order valence-corrected chi connectivity index (χ3v) is 1.23. The molecule has 2 heteroatoms. The molecule has 1 N–H and O–H groups in total. The second-order valence-electron chi connectivity index (χ2n) is 2.34. The monoisotopic (exact) mass is 152 g/mol. The van der Waals surface area contributed by atoms with Gasteiger partial charge >= 0.3 is 0 Å². The van der Waals surface area contributed by atoms with Crippen LogP contribution >= 0.6 is 12.4 Å². The Morgan fingerprint density at radius 2 is 1.89 bits per heavy atom. The van der Waals surface area contributed by atoms with E-state index >= 15 is 0 Å². The van der Waals surface area contributed by atoms with Crippen LogP contribution in [-0.2, 0) is 0 Å². The molecule has 0 aliphatic rings. The molecule has 0 bridgehead atoms. The maximum Gasteiger partial charge on any atom is 0.0512 e. The molecule has 1 atom stereocenters. The number of unbranched alkanes of at least 4 members (excludes halogenated alkanes) is 2. The Hall–Kier alpha value is 0.250. The highest BCUT2D eigenvalue weighted by Gasteiger charge is 1.92. The first-order valence-electron chi connectivity index (χ1n) is 3.45. The van der Waals surface area contributed by atoms with Gasteiger partial charge in [-0.25, -0.2) is 0 Å². The fourth-order valence-electron chi connectivity index (χ4n) is 0.690. The lowest BCUT2D eigenvalue weighted by Crippen LogP contribution is -1.97. The molecule has 0 aromatic heterocycles. The maximum atomic E-state index is 8.78. The number of aliphatic hydroxyl groups is 1. The quantitative estimate of drug-likeness (QED) is 0.614. The van der Waals surface area contributed by atoms with Crippen molar-refractivity contribution < 1.29 is 5.11 Å². The van der Waals surface area contributed by atoms with E-state index in [-0.39, 0.29) is 18.5 Å². The zero-order valence-corrected chi connectivity index (χ0v) is 7.08. The van der Waals surface area contributed by atoms with Crippen molar-refractivity contribution in [1.82, 2.24) is 0 Å². The lowest BCUT2D eigenvalue weighted by molar-refractivity contribution is 0.180. The molecule has 0 spiro atoms. The minimum absolute atomic E-state index is 0. The summed E-state index contributed by atoms with van der Waals surface area (Å²) >= 11 is 0. The van der Waals surface area contributed by atoms with Gasteiger partial charge in [-0.3, -0.25) is 0 Å². The molecule has 0 unspecified atom stereocenters. The van der Waals surface area contributed by atoms with Crippen molar-refractivity contribution in [3.05, 3.63) is 0 Å². The standard InChI is InChI=1S/C7H16O.ClH/c1-3-4-5-6-7(2)8;/h7-8H,3-6H2,1-2H3;1H/t7-;/m0./s1. The van der Waals surface area contributed by atoms with Crippen molar-refractivity contribution in [1.29, 1.82) is 0 Å². The molecule has 0 radical (unpaired) electrons. The zero-order valence-electron chi connectivity index (χ0n) is 6.26. The van der Waals surface area contributed by atoms with E-state index in [9.17, 15) is 0 Å². The highest BCUT2D eigenvalue weighted by Crippen LogP contribution is 2.01. The normalized spacial score (nSPS) is 12.3. The lowest BCUT2D eigenvalue weighted by atomic mass is 10.1. The highest BCUT2D eigenvalue weighted by molar-refractivity contribution is 5.85. The van der Waals surface area contributed by atoms with Crippen molar-refractivity contribution in [2.45, 2.75) is 45.6 Å². The van der Waals surface area contributed by atoms with Crippen LogP contribution in [0.5, 0.6) is 0 Å². The van der Waals surface area contributed by atoms with Crippen molar-refractivity contribution in [2.75, 3.05) is 0 Å². The van der Waals surface area contributed by atoms with Crippen LogP contribution in [0.15, 0.2) is 0 Å². The summed E-state index contributed by atoms with van der Waals surface area (Å²) in [5.41, 5.74) is 0. The number of halogens is 1. The van der Waals surface area contributed by atoms with Gasteiger partial charge in [0, 0.05) is 0 Å². The van der Waals surface area contributed by atoms with Crippen LogP contribution < -0.4 is 0 Å². The van der Waals surface area contributed by atoms with Gasteiger partial charge in [-0.15, -0.1) is 12.4 Å². The van der Waals surface area contributed by atoms with E-state index < -0.39 is 0 Å². The predicted molar refractivity (Wildman–Crippen MR) is 43.1 cm³/mol.